The first kappa shape index (κ1) is 17.7. The lowest BCUT2D eigenvalue weighted by atomic mass is 10.1. The van der Waals surface area contributed by atoms with Crippen LogP contribution in [0.25, 0.3) is 6.08 Å². The number of likely N-dealkylation sites (tertiary alicyclic amines) is 1. The average molecular weight is 362 g/mol. The molecule has 6 nitrogen and oxygen atoms in total. The van der Waals surface area contributed by atoms with Crippen LogP contribution in [0, 0.1) is 0 Å². The highest BCUT2D eigenvalue weighted by Crippen LogP contribution is 2.42. The lowest BCUT2D eigenvalue weighted by Gasteiger charge is -2.27. The van der Waals surface area contributed by atoms with E-state index < -0.39 is 0 Å². The van der Waals surface area contributed by atoms with Crippen molar-refractivity contribution in [1.29, 1.82) is 0 Å². The number of thioether (sulfide) groups is 1. The number of methoxy groups -OCH3 is 3. The SMILES string of the molecule is COc1ccc(/C=C2\SC(N3CCCCC3)=NC2=O)c(OC)c1OC. The van der Waals surface area contributed by atoms with Crippen LogP contribution in [0.4, 0.5) is 0 Å². The molecule has 7 heteroatoms. The second-order valence-electron chi connectivity index (χ2n) is 5.78. The van der Waals surface area contributed by atoms with Crippen molar-refractivity contribution in [2.75, 3.05) is 34.4 Å². The van der Waals surface area contributed by atoms with Crippen molar-refractivity contribution in [1.82, 2.24) is 4.90 Å². The van der Waals surface area contributed by atoms with E-state index >= 15 is 0 Å². The number of benzene rings is 1. The van der Waals surface area contributed by atoms with Gasteiger partial charge in [0.05, 0.1) is 26.2 Å². The fourth-order valence-electron chi connectivity index (χ4n) is 3.00. The number of hydrogen-bond donors (Lipinski definition) is 0. The Morgan fingerprint density at radius 2 is 1.76 bits per heavy atom. The lowest BCUT2D eigenvalue weighted by Crippen LogP contribution is -2.33. The van der Waals surface area contributed by atoms with Crippen LogP contribution in [-0.2, 0) is 4.79 Å². The highest BCUT2D eigenvalue weighted by molar-refractivity contribution is 8.18. The number of amides is 1. The zero-order valence-corrected chi connectivity index (χ0v) is 15.5. The molecule has 0 atom stereocenters. The summed E-state index contributed by atoms with van der Waals surface area (Å²) >= 11 is 1.42. The Morgan fingerprint density at radius 3 is 2.40 bits per heavy atom. The van der Waals surface area contributed by atoms with Gasteiger partial charge in [0.1, 0.15) is 0 Å². The van der Waals surface area contributed by atoms with Gasteiger partial charge in [0.15, 0.2) is 16.7 Å². The van der Waals surface area contributed by atoms with Gasteiger partial charge in [-0.15, -0.1) is 0 Å². The number of piperidine rings is 1. The van der Waals surface area contributed by atoms with Crippen LogP contribution in [0.5, 0.6) is 17.2 Å². The fourth-order valence-corrected chi connectivity index (χ4v) is 3.95. The van der Waals surface area contributed by atoms with Crippen molar-refractivity contribution in [3.05, 3.63) is 22.6 Å². The average Bonchev–Trinajstić information content (AvgIpc) is 3.02. The second kappa shape index (κ2) is 7.82. The molecule has 1 saturated heterocycles. The molecule has 0 bridgehead atoms. The van der Waals surface area contributed by atoms with Crippen molar-refractivity contribution in [3.63, 3.8) is 0 Å². The molecule has 1 aromatic carbocycles. The topological polar surface area (TPSA) is 60.4 Å². The van der Waals surface area contributed by atoms with Gasteiger partial charge in [0.2, 0.25) is 5.75 Å². The minimum absolute atomic E-state index is 0.206. The summed E-state index contributed by atoms with van der Waals surface area (Å²) in [6, 6.07) is 3.64. The Hall–Kier alpha value is -2.15. The van der Waals surface area contributed by atoms with Gasteiger partial charge in [-0.05, 0) is 49.2 Å². The number of hydrogen-bond acceptors (Lipinski definition) is 6. The number of rotatable bonds is 4. The second-order valence-corrected chi connectivity index (χ2v) is 6.79. The highest BCUT2D eigenvalue weighted by Gasteiger charge is 2.27. The number of aliphatic imine (C=N–C) groups is 1. The number of nitrogens with zero attached hydrogens (tertiary/aromatic N) is 2. The van der Waals surface area contributed by atoms with Gasteiger partial charge >= 0.3 is 0 Å². The zero-order chi connectivity index (χ0) is 17.8. The number of carbonyl (C=O) groups excluding carboxylic acids is 1. The van der Waals surface area contributed by atoms with E-state index in [1.807, 2.05) is 6.07 Å². The minimum Gasteiger partial charge on any atom is -0.493 e. The summed E-state index contributed by atoms with van der Waals surface area (Å²) < 4.78 is 16.2. The molecule has 1 fully saturated rings. The van der Waals surface area contributed by atoms with Gasteiger partial charge in [0.25, 0.3) is 5.91 Å². The third-order valence-electron chi connectivity index (χ3n) is 4.26. The van der Waals surface area contributed by atoms with E-state index in [2.05, 4.69) is 9.89 Å². The number of amidine groups is 1. The number of carbonyl (C=O) groups is 1. The Labute approximate surface area is 151 Å². The molecule has 25 heavy (non-hydrogen) atoms. The normalized spacial score (nSPS) is 19.2. The molecule has 2 aliphatic rings. The van der Waals surface area contributed by atoms with E-state index in [4.69, 9.17) is 14.2 Å². The van der Waals surface area contributed by atoms with Gasteiger partial charge in [-0.1, -0.05) is 0 Å². The standard InChI is InChI=1S/C18H22N2O4S/c1-22-13-8-7-12(15(23-2)16(13)24-3)11-14-17(21)19-18(25-14)20-9-5-4-6-10-20/h7-8,11H,4-6,9-10H2,1-3H3/b14-11-. The van der Waals surface area contributed by atoms with Crippen LogP contribution in [0.1, 0.15) is 24.8 Å². The predicted octanol–water partition coefficient (Wildman–Crippen LogP) is 3.17. The highest BCUT2D eigenvalue weighted by atomic mass is 32.2. The van der Waals surface area contributed by atoms with Gasteiger partial charge in [-0.3, -0.25) is 4.79 Å². The lowest BCUT2D eigenvalue weighted by molar-refractivity contribution is -0.113. The first-order valence-electron chi connectivity index (χ1n) is 8.24. The maximum Gasteiger partial charge on any atom is 0.286 e. The summed E-state index contributed by atoms with van der Waals surface area (Å²) in [4.78, 5) is 19.3. The summed E-state index contributed by atoms with van der Waals surface area (Å²) in [5, 5.41) is 0.801. The number of ether oxygens (including phenoxy) is 3. The molecule has 2 heterocycles. The van der Waals surface area contributed by atoms with E-state index in [1.54, 1.807) is 33.5 Å². The summed E-state index contributed by atoms with van der Waals surface area (Å²) in [6.07, 6.45) is 5.34. The van der Waals surface area contributed by atoms with Crippen LogP contribution >= 0.6 is 11.8 Å². The van der Waals surface area contributed by atoms with Crippen LogP contribution in [0.15, 0.2) is 22.0 Å². The molecule has 1 amide bonds. The first-order chi connectivity index (χ1) is 12.2. The fraction of sp³-hybridized carbons (Fsp3) is 0.444. The van der Waals surface area contributed by atoms with Crippen molar-refractivity contribution < 1.29 is 19.0 Å². The monoisotopic (exact) mass is 362 g/mol. The van der Waals surface area contributed by atoms with Crippen molar-refractivity contribution in [2.45, 2.75) is 19.3 Å². The van der Waals surface area contributed by atoms with E-state index in [1.165, 1.54) is 18.2 Å². The van der Waals surface area contributed by atoms with Crippen molar-refractivity contribution in [3.8, 4) is 17.2 Å². The molecule has 0 aliphatic carbocycles. The van der Waals surface area contributed by atoms with Gasteiger partial charge < -0.3 is 19.1 Å². The molecule has 0 spiro atoms. The smallest absolute Gasteiger partial charge is 0.286 e. The summed E-state index contributed by atoms with van der Waals surface area (Å²) in [5.74, 6) is 1.42. The molecule has 2 aliphatic heterocycles. The molecule has 1 aromatic rings. The quantitative estimate of drug-likeness (QED) is 0.767. The van der Waals surface area contributed by atoms with Crippen LogP contribution < -0.4 is 14.2 Å². The van der Waals surface area contributed by atoms with Crippen LogP contribution in [-0.4, -0.2) is 50.4 Å². The third kappa shape index (κ3) is 3.61. The molecule has 0 saturated carbocycles. The van der Waals surface area contributed by atoms with Crippen molar-refractivity contribution >= 4 is 28.9 Å². The maximum atomic E-state index is 12.3. The van der Waals surface area contributed by atoms with E-state index in [0.717, 1.165) is 36.7 Å². The molecular weight excluding hydrogens is 340 g/mol. The zero-order valence-electron chi connectivity index (χ0n) is 14.7. The van der Waals surface area contributed by atoms with Gasteiger partial charge in [0, 0.05) is 18.7 Å². The third-order valence-corrected chi connectivity index (χ3v) is 5.30. The molecule has 0 aromatic heterocycles. The molecule has 0 unspecified atom stereocenters. The molecule has 3 rings (SSSR count). The van der Waals surface area contributed by atoms with Crippen LogP contribution in [0.2, 0.25) is 0 Å². The van der Waals surface area contributed by atoms with Gasteiger partial charge in [-0.2, -0.15) is 4.99 Å². The molecule has 0 radical (unpaired) electrons. The first-order valence-corrected chi connectivity index (χ1v) is 9.06. The van der Waals surface area contributed by atoms with E-state index in [-0.39, 0.29) is 5.91 Å². The Kier molecular flexibility index (Phi) is 5.53. The molecule has 134 valence electrons. The minimum atomic E-state index is -0.206. The Morgan fingerprint density at radius 1 is 1.04 bits per heavy atom. The summed E-state index contributed by atoms with van der Waals surface area (Å²) in [7, 11) is 4.70. The molecule has 0 N–H and O–H groups in total. The largest absolute Gasteiger partial charge is 0.493 e. The Balaban J connectivity index is 1.87. The van der Waals surface area contributed by atoms with E-state index in [0.29, 0.717) is 22.2 Å². The van der Waals surface area contributed by atoms with Gasteiger partial charge in [-0.25, -0.2) is 0 Å². The summed E-state index contributed by atoms with van der Waals surface area (Å²) in [6.45, 7) is 1.93. The summed E-state index contributed by atoms with van der Waals surface area (Å²) in [5.41, 5.74) is 0.756. The predicted molar refractivity (Wildman–Crippen MR) is 99.5 cm³/mol. The molecular formula is C18H22N2O4S. The van der Waals surface area contributed by atoms with E-state index in [9.17, 15) is 4.79 Å². The van der Waals surface area contributed by atoms with Crippen LogP contribution in [0.3, 0.4) is 0 Å². The maximum absolute atomic E-state index is 12.3. The Bertz CT molecular complexity index is 724. The van der Waals surface area contributed by atoms with Crippen molar-refractivity contribution in [2.24, 2.45) is 4.99 Å².